The molecule has 0 atom stereocenters. The second-order valence-electron chi connectivity index (χ2n) is 1.07. The minimum Gasteiger partial charge on any atom is -0.193 e. The van der Waals surface area contributed by atoms with Crippen molar-refractivity contribution in [2.24, 2.45) is 0 Å². The van der Waals surface area contributed by atoms with Crippen molar-refractivity contribution in [3.63, 3.8) is 0 Å². The molecule has 1 nitrogen and oxygen atoms in total. The molecule has 0 N–H and O–H groups in total. The molecule has 0 aliphatic carbocycles. The number of nitrogens with zero attached hydrogens (tertiary/aromatic N) is 1. The molecule has 0 bridgehead atoms. The van der Waals surface area contributed by atoms with Gasteiger partial charge >= 0.3 is 0 Å². The van der Waals surface area contributed by atoms with E-state index in [2.05, 4.69) is 19.7 Å². The molecular weight excluding hydrogens is 98.1 g/mol. The lowest BCUT2D eigenvalue weighted by molar-refractivity contribution is 1.16. The Morgan fingerprint density at radius 3 is 2.00 bits per heavy atom. The van der Waals surface area contributed by atoms with Crippen LogP contribution in [0.1, 0.15) is 13.3 Å². The molecule has 1 heteroatoms. The average Bonchev–Trinajstić information content (AvgIpc) is 1.91. The first-order valence-corrected chi connectivity index (χ1v) is 2.39. The zero-order valence-corrected chi connectivity index (χ0v) is 5.28. The Hall–Kier alpha value is -1.03. The highest BCUT2D eigenvalue weighted by Crippen LogP contribution is 1.89. The summed E-state index contributed by atoms with van der Waals surface area (Å²) in [5, 5.41) is 7.99. The van der Waals surface area contributed by atoms with E-state index >= 15 is 0 Å². The predicted molar refractivity (Wildman–Crippen MR) is 36.3 cm³/mol. The summed E-state index contributed by atoms with van der Waals surface area (Å²) in [5.41, 5.74) is 0.648. The van der Waals surface area contributed by atoms with Gasteiger partial charge in [0, 0.05) is 5.57 Å². The van der Waals surface area contributed by atoms with E-state index in [4.69, 9.17) is 5.26 Å². The van der Waals surface area contributed by atoms with E-state index in [0.717, 1.165) is 6.42 Å². The van der Waals surface area contributed by atoms with Gasteiger partial charge in [-0.25, -0.2) is 0 Å². The summed E-state index contributed by atoms with van der Waals surface area (Å²) in [6, 6.07) is 1.92. The molecule has 0 aromatic rings. The third-order valence-electron chi connectivity index (χ3n) is 0.585. The molecular formula is C7H11N. The molecule has 8 heavy (non-hydrogen) atoms. The lowest BCUT2D eigenvalue weighted by atomic mass is 10.3. The Morgan fingerprint density at radius 2 is 2.00 bits per heavy atom. The zero-order chi connectivity index (χ0) is 6.99. The monoisotopic (exact) mass is 109 g/mol. The van der Waals surface area contributed by atoms with Crippen LogP contribution in [-0.2, 0) is 0 Å². The molecule has 0 fully saturated rings. The van der Waals surface area contributed by atoms with Gasteiger partial charge in [-0.1, -0.05) is 13.5 Å². The standard InChI is InChI=1S/C5H7N.C2H4/c1-3-5(2)4-6;1-2/h2-3H2,1H3;1-2H2. The van der Waals surface area contributed by atoms with Crippen molar-refractivity contribution in [1.29, 1.82) is 5.26 Å². The van der Waals surface area contributed by atoms with E-state index in [1.807, 2.05) is 13.0 Å². The normalized spacial score (nSPS) is 5.50. The van der Waals surface area contributed by atoms with Crippen LogP contribution in [0.2, 0.25) is 0 Å². The van der Waals surface area contributed by atoms with Crippen molar-refractivity contribution in [1.82, 2.24) is 0 Å². The van der Waals surface area contributed by atoms with Gasteiger partial charge in [0.15, 0.2) is 0 Å². The smallest absolute Gasteiger partial charge is 0.0940 e. The van der Waals surface area contributed by atoms with Crippen LogP contribution in [0.4, 0.5) is 0 Å². The first kappa shape index (κ1) is 10.1. The van der Waals surface area contributed by atoms with E-state index in [9.17, 15) is 0 Å². The number of allylic oxidation sites excluding steroid dienone is 1. The lowest BCUT2D eigenvalue weighted by Crippen LogP contribution is -1.64. The maximum absolute atomic E-state index is 7.99. The number of hydrogen-bond donors (Lipinski definition) is 0. The highest BCUT2D eigenvalue weighted by atomic mass is 14.2. The number of hydrogen-bond acceptors (Lipinski definition) is 1. The second-order valence-corrected chi connectivity index (χ2v) is 1.07. The molecule has 0 heterocycles. The molecule has 0 spiro atoms. The van der Waals surface area contributed by atoms with Crippen molar-refractivity contribution in [3.8, 4) is 6.07 Å². The first-order chi connectivity index (χ1) is 3.81. The molecule has 0 unspecified atom stereocenters. The topological polar surface area (TPSA) is 23.8 Å². The van der Waals surface area contributed by atoms with Crippen LogP contribution in [-0.4, -0.2) is 0 Å². The quantitative estimate of drug-likeness (QED) is 0.374. The largest absolute Gasteiger partial charge is 0.193 e. The Bertz CT molecular complexity index is 97.4. The van der Waals surface area contributed by atoms with Gasteiger partial charge in [-0.15, -0.1) is 13.2 Å². The third kappa shape index (κ3) is 8.88. The summed E-state index contributed by atoms with van der Waals surface area (Å²) in [4.78, 5) is 0. The number of rotatable bonds is 1. The zero-order valence-electron chi connectivity index (χ0n) is 5.28. The summed E-state index contributed by atoms with van der Waals surface area (Å²) in [6.45, 7) is 11.3. The Balaban J connectivity index is 0. The van der Waals surface area contributed by atoms with Gasteiger partial charge < -0.3 is 0 Å². The fourth-order valence-electron chi connectivity index (χ4n) is 0.0791. The van der Waals surface area contributed by atoms with Gasteiger partial charge in [0.05, 0.1) is 6.07 Å². The molecule has 0 aliphatic rings. The SMILES string of the molecule is C=C.C=C(C#N)CC. The minimum atomic E-state index is 0.648. The fourth-order valence-corrected chi connectivity index (χ4v) is 0.0791. The van der Waals surface area contributed by atoms with Crippen LogP contribution >= 0.6 is 0 Å². The van der Waals surface area contributed by atoms with Crippen LogP contribution < -0.4 is 0 Å². The molecule has 0 amide bonds. The Kier molecular flexibility index (Phi) is 11.8. The van der Waals surface area contributed by atoms with Crippen molar-refractivity contribution in [2.45, 2.75) is 13.3 Å². The molecule has 0 radical (unpaired) electrons. The van der Waals surface area contributed by atoms with E-state index in [0.29, 0.717) is 5.57 Å². The fraction of sp³-hybridized carbons (Fsp3) is 0.286. The van der Waals surface area contributed by atoms with Gasteiger partial charge in [0.25, 0.3) is 0 Å². The van der Waals surface area contributed by atoms with Crippen molar-refractivity contribution >= 4 is 0 Å². The van der Waals surface area contributed by atoms with Crippen LogP contribution in [0.15, 0.2) is 25.3 Å². The van der Waals surface area contributed by atoms with Gasteiger partial charge in [-0.2, -0.15) is 5.26 Å². The lowest BCUT2D eigenvalue weighted by Gasteiger charge is -1.76. The summed E-state index contributed by atoms with van der Waals surface area (Å²) in [6.07, 6.45) is 0.774. The van der Waals surface area contributed by atoms with E-state index in [1.165, 1.54) is 0 Å². The van der Waals surface area contributed by atoms with Gasteiger partial charge in [-0.05, 0) is 6.42 Å². The minimum absolute atomic E-state index is 0.648. The highest BCUT2D eigenvalue weighted by molar-refractivity contribution is 5.14. The predicted octanol–water partition coefficient (Wildman–Crippen LogP) is 2.28. The third-order valence-corrected chi connectivity index (χ3v) is 0.585. The Labute approximate surface area is 50.9 Å². The van der Waals surface area contributed by atoms with Crippen LogP contribution in [0.25, 0.3) is 0 Å². The van der Waals surface area contributed by atoms with Crippen molar-refractivity contribution in [2.75, 3.05) is 0 Å². The van der Waals surface area contributed by atoms with Gasteiger partial charge in [0.2, 0.25) is 0 Å². The van der Waals surface area contributed by atoms with Gasteiger partial charge in [-0.3, -0.25) is 0 Å². The first-order valence-electron chi connectivity index (χ1n) is 2.39. The molecule has 0 saturated heterocycles. The molecule has 0 aromatic carbocycles. The molecule has 0 saturated carbocycles. The molecule has 44 valence electrons. The van der Waals surface area contributed by atoms with E-state index < -0.39 is 0 Å². The Morgan fingerprint density at radius 1 is 1.62 bits per heavy atom. The maximum atomic E-state index is 7.99. The summed E-state index contributed by atoms with van der Waals surface area (Å²) in [5.74, 6) is 0. The maximum Gasteiger partial charge on any atom is 0.0940 e. The molecule has 0 aromatic heterocycles. The second kappa shape index (κ2) is 9.36. The van der Waals surface area contributed by atoms with Crippen LogP contribution in [0, 0.1) is 11.3 Å². The van der Waals surface area contributed by atoms with Crippen LogP contribution in [0.3, 0.4) is 0 Å². The summed E-state index contributed by atoms with van der Waals surface area (Å²) in [7, 11) is 0. The summed E-state index contributed by atoms with van der Waals surface area (Å²) >= 11 is 0. The van der Waals surface area contributed by atoms with Gasteiger partial charge in [0.1, 0.15) is 0 Å². The average molecular weight is 109 g/mol. The van der Waals surface area contributed by atoms with Crippen molar-refractivity contribution in [3.05, 3.63) is 25.3 Å². The van der Waals surface area contributed by atoms with E-state index in [1.54, 1.807) is 0 Å². The van der Waals surface area contributed by atoms with Crippen LogP contribution in [0.5, 0.6) is 0 Å². The number of nitriles is 1. The highest BCUT2D eigenvalue weighted by Gasteiger charge is 1.77. The molecule has 0 aliphatic heterocycles. The molecule has 0 rings (SSSR count). The van der Waals surface area contributed by atoms with Crippen molar-refractivity contribution < 1.29 is 0 Å². The summed E-state index contributed by atoms with van der Waals surface area (Å²) < 4.78 is 0. The van der Waals surface area contributed by atoms with E-state index in [-0.39, 0.29) is 0 Å².